The molecular formula is C13H11N5S. The summed E-state index contributed by atoms with van der Waals surface area (Å²) in [7, 11) is 1.85. The Morgan fingerprint density at radius 1 is 1.37 bits per heavy atom. The predicted molar refractivity (Wildman–Crippen MR) is 74.5 cm³/mol. The maximum Gasteiger partial charge on any atom is 0.131 e. The highest BCUT2D eigenvalue weighted by atomic mass is 32.1. The number of nitrogens with zero attached hydrogens (tertiary/aromatic N) is 4. The molecule has 0 radical (unpaired) electrons. The Bertz CT molecular complexity index is 663. The van der Waals surface area contributed by atoms with Crippen molar-refractivity contribution in [2.45, 2.75) is 6.54 Å². The van der Waals surface area contributed by atoms with Gasteiger partial charge >= 0.3 is 0 Å². The number of anilines is 2. The van der Waals surface area contributed by atoms with Gasteiger partial charge in [0.15, 0.2) is 0 Å². The van der Waals surface area contributed by atoms with Gasteiger partial charge < -0.3 is 10.6 Å². The first kappa shape index (κ1) is 12.9. The first-order chi connectivity index (χ1) is 9.17. The van der Waals surface area contributed by atoms with E-state index >= 15 is 0 Å². The van der Waals surface area contributed by atoms with Gasteiger partial charge in [0.1, 0.15) is 27.6 Å². The highest BCUT2D eigenvalue weighted by Gasteiger charge is 2.18. The maximum absolute atomic E-state index is 9.15. The van der Waals surface area contributed by atoms with Gasteiger partial charge in [-0.15, -0.1) is 11.3 Å². The summed E-state index contributed by atoms with van der Waals surface area (Å²) in [5.74, 6) is 0. The molecule has 0 aliphatic carbocycles. The zero-order valence-electron chi connectivity index (χ0n) is 10.3. The van der Waals surface area contributed by atoms with E-state index in [1.807, 2.05) is 36.2 Å². The Kier molecular flexibility index (Phi) is 3.65. The molecule has 2 aromatic rings. The van der Waals surface area contributed by atoms with Crippen molar-refractivity contribution in [1.29, 1.82) is 10.5 Å². The summed E-state index contributed by atoms with van der Waals surface area (Å²) in [4.78, 5) is 6.49. The molecule has 2 rings (SSSR count). The molecule has 0 spiro atoms. The summed E-state index contributed by atoms with van der Waals surface area (Å²) in [5.41, 5.74) is 7.29. The average molecular weight is 269 g/mol. The van der Waals surface area contributed by atoms with E-state index in [0.717, 1.165) is 5.69 Å². The van der Waals surface area contributed by atoms with E-state index < -0.39 is 0 Å². The molecule has 5 nitrogen and oxygen atoms in total. The first-order valence-electron chi connectivity index (χ1n) is 5.51. The van der Waals surface area contributed by atoms with Gasteiger partial charge in [-0.3, -0.25) is 4.98 Å². The Hall–Kier alpha value is -2.57. The number of hydrogen-bond acceptors (Lipinski definition) is 6. The van der Waals surface area contributed by atoms with Gasteiger partial charge in [0.2, 0.25) is 0 Å². The molecule has 0 saturated heterocycles. The number of nitrogen functional groups attached to an aromatic ring is 1. The second kappa shape index (κ2) is 5.38. The smallest absolute Gasteiger partial charge is 0.131 e. The van der Waals surface area contributed by atoms with Crippen molar-refractivity contribution in [3.63, 3.8) is 0 Å². The molecule has 0 aromatic carbocycles. The van der Waals surface area contributed by atoms with Crippen molar-refractivity contribution < 1.29 is 0 Å². The number of nitrogens with two attached hydrogens (primary N) is 1. The Labute approximate surface area is 115 Å². The van der Waals surface area contributed by atoms with Gasteiger partial charge in [-0.2, -0.15) is 10.5 Å². The van der Waals surface area contributed by atoms with Crippen LogP contribution in [0.25, 0.3) is 0 Å². The van der Waals surface area contributed by atoms with Crippen LogP contribution in [-0.4, -0.2) is 12.0 Å². The normalized spacial score (nSPS) is 9.63. The lowest BCUT2D eigenvalue weighted by atomic mass is 10.2. The number of aromatic nitrogens is 1. The minimum atomic E-state index is 0.262. The van der Waals surface area contributed by atoms with Crippen LogP contribution in [0, 0.1) is 22.7 Å². The molecule has 0 atom stereocenters. The van der Waals surface area contributed by atoms with E-state index in [0.29, 0.717) is 22.0 Å². The zero-order chi connectivity index (χ0) is 13.8. The van der Waals surface area contributed by atoms with Crippen LogP contribution in [0.3, 0.4) is 0 Å². The third-order valence-electron chi connectivity index (χ3n) is 2.61. The molecule has 6 heteroatoms. The number of pyridine rings is 1. The molecule has 0 saturated carbocycles. The van der Waals surface area contributed by atoms with Gasteiger partial charge in [0.25, 0.3) is 0 Å². The summed E-state index contributed by atoms with van der Waals surface area (Å²) in [6.45, 7) is 0.556. The Morgan fingerprint density at radius 3 is 2.74 bits per heavy atom. The monoisotopic (exact) mass is 269 g/mol. The highest BCUT2D eigenvalue weighted by Crippen LogP contribution is 2.37. The molecule has 0 aliphatic heterocycles. The van der Waals surface area contributed by atoms with Crippen molar-refractivity contribution >= 4 is 22.0 Å². The molecule has 0 fully saturated rings. The minimum Gasteiger partial charge on any atom is -0.396 e. The van der Waals surface area contributed by atoms with E-state index in [4.69, 9.17) is 16.3 Å². The molecule has 2 aromatic heterocycles. The Balaban J connectivity index is 2.33. The second-order valence-electron chi connectivity index (χ2n) is 3.93. The van der Waals surface area contributed by atoms with Crippen molar-refractivity contribution in [3.8, 4) is 12.1 Å². The van der Waals surface area contributed by atoms with E-state index in [1.54, 1.807) is 6.20 Å². The molecule has 19 heavy (non-hydrogen) atoms. The number of hydrogen-bond donors (Lipinski definition) is 1. The van der Waals surface area contributed by atoms with Crippen LogP contribution in [0.15, 0.2) is 24.4 Å². The van der Waals surface area contributed by atoms with E-state index in [1.165, 1.54) is 11.3 Å². The van der Waals surface area contributed by atoms with Crippen molar-refractivity contribution in [1.82, 2.24) is 4.98 Å². The number of rotatable bonds is 3. The largest absolute Gasteiger partial charge is 0.396 e. The van der Waals surface area contributed by atoms with Crippen LogP contribution in [0.5, 0.6) is 0 Å². The fourth-order valence-corrected chi connectivity index (χ4v) is 2.63. The SMILES string of the molecule is CN(Cc1ccccn1)c1sc(C#N)c(N)c1C#N. The molecule has 0 bridgehead atoms. The van der Waals surface area contributed by atoms with E-state index in [-0.39, 0.29) is 5.69 Å². The van der Waals surface area contributed by atoms with Crippen molar-refractivity contribution in [2.75, 3.05) is 17.7 Å². The minimum absolute atomic E-state index is 0.262. The third kappa shape index (κ3) is 2.49. The summed E-state index contributed by atoms with van der Waals surface area (Å²) in [5, 5.41) is 18.8. The number of thiophene rings is 1. The molecule has 0 amide bonds. The molecule has 2 heterocycles. The van der Waals surface area contributed by atoms with Crippen LogP contribution >= 0.6 is 11.3 Å². The molecule has 0 aliphatic rings. The van der Waals surface area contributed by atoms with Crippen LogP contribution in [0.4, 0.5) is 10.7 Å². The molecule has 94 valence electrons. The standard InChI is InChI=1S/C13H11N5S/c1-18(8-9-4-2-3-5-17-9)13-10(6-14)12(16)11(7-15)19-13/h2-5H,8,16H2,1H3. The van der Waals surface area contributed by atoms with Crippen molar-refractivity contribution in [3.05, 3.63) is 40.5 Å². The fourth-order valence-electron chi connectivity index (χ4n) is 1.70. The van der Waals surface area contributed by atoms with Crippen molar-refractivity contribution in [2.24, 2.45) is 0 Å². The average Bonchev–Trinajstić information content (AvgIpc) is 2.76. The quantitative estimate of drug-likeness (QED) is 0.921. The maximum atomic E-state index is 9.15. The predicted octanol–water partition coefficient (Wildman–Crippen LogP) is 2.11. The number of nitriles is 2. The van der Waals surface area contributed by atoms with Gasteiger partial charge in [0.05, 0.1) is 17.9 Å². The van der Waals surface area contributed by atoms with Crippen LogP contribution < -0.4 is 10.6 Å². The highest BCUT2D eigenvalue weighted by molar-refractivity contribution is 7.17. The van der Waals surface area contributed by atoms with Crippen LogP contribution in [0.1, 0.15) is 16.1 Å². The summed E-state index contributed by atoms with van der Waals surface area (Å²) >= 11 is 1.23. The van der Waals surface area contributed by atoms with E-state index in [2.05, 4.69) is 11.1 Å². The third-order valence-corrected chi connectivity index (χ3v) is 3.84. The van der Waals surface area contributed by atoms with Gasteiger partial charge in [-0.25, -0.2) is 0 Å². The summed E-state index contributed by atoms with van der Waals surface area (Å²) in [6.07, 6.45) is 1.72. The van der Waals surface area contributed by atoms with E-state index in [9.17, 15) is 0 Å². The summed E-state index contributed by atoms with van der Waals surface area (Å²) in [6, 6.07) is 9.73. The molecule has 0 unspecified atom stereocenters. The second-order valence-corrected chi connectivity index (χ2v) is 4.92. The topological polar surface area (TPSA) is 89.7 Å². The molecule has 2 N–H and O–H groups in total. The van der Waals surface area contributed by atoms with Gasteiger partial charge in [0, 0.05) is 13.2 Å². The first-order valence-corrected chi connectivity index (χ1v) is 6.32. The van der Waals surface area contributed by atoms with Gasteiger partial charge in [-0.05, 0) is 12.1 Å². The van der Waals surface area contributed by atoms with Crippen LogP contribution in [0.2, 0.25) is 0 Å². The zero-order valence-corrected chi connectivity index (χ0v) is 11.1. The lowest BCUT2D eigenvalue weighted by Crippen LogP contribution is -2.16. The summed E-state index contributed by atoms with van der Waals surface area (Å²) < 4.78 is 0. The van der Waals surface area contributed by atoms with Gasteiger partial charge in [-0.1, -0.05) is 6.07 Å². The fraction of sp³-hybridized carbons (Fsp3) is 0.154. The molecular weight excluding hydrogens is 258 g/mol. The lowest BCUT2D eigenvalue weighted by Gasteiger charge is -2.16. The van der Waals surface area contributed by atoms with Crippen LogP contribution in [-0.2, 0) is 6.54 Å². The Morgan fingerprint density at radius 2 is 2.16 bits per heavy atom. The lowest BCUT2D eigenvalue weighted by molar-refractivity contribution is 0.893.